The summed E-state index contributed by atoms with van der Waals surface area (Å²) in [5.41, 5.74) is 0.580. The molecule has 0 atom stereocenters. The van der Waals surface area contributed by atoms with E-state index in [-0.39, 0.29) is 25.9 Å². The second-order valence-corrected chi connectivity index (χ2v) is 5.67. The van der Waals surface area contributed by atoms with Crippen LogP contribution < -0.4 is 19.5 Å². The molecule has 24 heavy (non-hydrogen) atoms. The van der Waals surface area contributed by atoms with Crippen LogP contribution in [0, 0.1) is 11.8 Å². The van der Waals surface area contributed by atoms with Gasteiger partial charge in [-0.2, -0.15) is 0 Å². The van der Waals surface area contributed by atoms with Gasteiger partial charge in [-0.15, -0.1) is 0 Å². The number of benzene rings is 2. The van der Waals surface area contributed by atoms with E-state index in [0.29, 0.717) is 22.8 Å². The highest BCUT2D eigenvalue weighted by Crippen LogP contribution is 2.34. The number of carbonyl (C=O) groups is 1. The van der Waals surface area contributed by atoms with Crippen LogP contribution in [0.25, 0.3) is 0 Å². The van der Waals surface area contributed by atoms with Crippen molar-refractivity contribution in [1.82, 2.24) is 5.32 Å². The molecule has 5 nitrogen and oxygen atoms in total. The lowest BCUT2D eigenvalue weighted by atomic mass is 10.2. The highest BCUT2D eigenvalue weighted by Gasteiger charge is 2.13. The second-order valence-electron chi connectivity index (χ2n) is 4.82. The molecular formula is C18H14BrNO4. The summed E-state index contributed by atoms with van der Waals surface area (Å²) in [6, 6.07) is 12.6. The maximum atomic E-state index is 12.0. The van der Waals surface area contributed by atoms with Crippen LogP contribution in [-0.4, -0.2) is 25.9 Å². The molecule has 1 aliphatic heterocycles. The molecule has 6 heteroatoms. The first-order valence-electron chi connectivity index (χ1n) is 7.25. The number of hydrogen-bond donors (Lipinski definition) is 1. The molecule has 0 aromatic heterocycles. The van der Waals surface area contributed by atoms with Gasteiger partial charge in [0.1, 0.15) is 12.4 Å². The molecule has 1 N–H and O–H groups in total. The maximum Gasteiger partial charge on any atom is 0.253 e. The summed E-state index contributed by atoms with van der Waals surface area (Å²) in [5.74, 6) is 7.57. The summed E-state index contributed by atoms with van der Waals surface area (Å²) in [6.07, 6.45) is 0. The van der Waals surface area contributed by atoms with Crippen molar-refractivity contribution in [3.8, 4) is 29.1 Å². The van der Waals surface area contributed by atoms with Crippen molar-refractivity contribution in [1.29, 1.82) is 0 Å². The molecular weight excluding hydrogens is 374 g/mol. The molecule has 1 amide bonds. The summed E-state index contributed by atoms with van der Waals surface area (Å²) >= 11 is 3.34. The van der Waals surface area contributed by atoms with Crippen molar-refractivity contribution in [2.45, 2.75) is 0 Å². The van der Waals surface area contributed by atoms with Gasteiger partial charge in [0.25, 0.3) is 5.91 Å². The predicted octanol–water partition coefficient (Wildman–Crippen LogP) is 2.99. The highest BCUT2D eigenvalue weighted by atomic mass is 79.9. The Morgan fingerprint density at radius 2 is 2.00 bits per heavy atom. The van der Waals surface area contributed by atoms with E-state index in [1.807, 2.05) is 18.2 Å². The van der Waals surface area contributed by atoms with Gasteiger partial charge in [-0.25, -0.2) is 0 Å². The number of fused-ring (bicyclic) bond motifs is 1. The van der Waals surface area contributed by atoms with Gasteiger partial charge in [0.2, 0.25) is 6.79 Å². The molecule has 2 aromatic carbocycles. The van der Waals surface area contributed by atoms with Gasteiger partial charge in [-0.1, -0.05) is 24.0 Å². The zero-order chi connectivity index (χ0) is 16.8. The molecule has 0 aliphatic carbocycles. The molecule has 0 unspecified atom stereocenters. The largest absolute Gasteiger partial charge is 0.481 e. The van der Waals surface area contributed by atoms with E-state index in [1.54, 1.807) is 24.3 Å². The van der Waals surface area contributed by atoms with Crippen molar-refractivity contribution in [3.05, 3.63) is 52.5 Å². The van der Waals surface area contributed by atoms with Crippen LogP contribution in [0.15, 0.2) is 46.9 Å². The molecule has 0 saturated carbocycles. The molecule has 2 aromatic rings. The third kappa shape index (κ3) is 4.00. The Morgan fingerprint density at radius 1 is 1.17 bits per heavy atom. The van der Waals surface area contributed by atoms with Gasteiger partial charge in [-0.05, 0) is 40.2 Å². The van der Waals surface area contributed by atoms with Crippen molar-refractivity contribution in [2.75, 3.05) is 19.9 Å². The fourth-order valence-electron chi connectivity index (χ4n) is 2.06. The molecule has 3 rings (SSSR count). The fraction of sp³-hybridized carbons (Fsp3) is 0.167. The molecule has 1 heterocycles. The Labute approximate surface area is 148 Å². The standard InChI is InChI=1S/C18H14BrNO4/c19-15-6-2-1-5-14(15)18(21)20-9-3-4-10-22-13-7-8-16-17(11-13)24-12-23-16/h1-2,5-8,11H,9-10,12H2,(H,20,21). The first kappa shape index (κ1) is 16.2. The van der Waals surface area contributed by atoms with Gasteiger partial charge >= 0.3 is 0 Å². The van der Waals surface area contributed by atoms with Crippen LogP contribution in [0.1, 0.15) is 10.4 Å². The number of amides is 1. The van der Waals surface area contributed by atoms with Crippen LogP contribution >= 0.6 is 15.9 Å². The number of hydrogen-bond acceptors (Lipinski definition) is 4. The molecule has 0 spiro atoms. The van der Waals surface area contributed by atoms with Gasteiger partial charge in [0.05, 0.1) is 12.1 Å². The van der Waals surface area contributed by atoms with E-state index in [4.69, 9.17) is 14.2 Å². The quantitative estimate of drug-likeness (QED) is 0.819. The average Bonchev–Trinajstić information content (AvgIpc) is 3.06. The van der Waals surface area contributed by atoms with Crippen LogP contribution in [0.5, 0.6) is 17.2 Å². The number of nitrogens with one attached hydrogen (secondary N) is 1. The first-order valence-corrected chi connectivity index (χ1v) is 8.04. The van der Waals surface area contributed by atoms with E-state index >= 15 is 0 Å². The molecule has 0 saturated heterocycles. The van der Waals surface area contributed by atoms with Gasteiger partial charge < -0.3 is 19.5 Å². The monoisotopic (exact) mass is 387 g/mol. The zero-order valence-corrected chi connectivity index (χ0v) is 14.3. The van der Waals surface area contributed by atoms with E-state index < -0.39 is 0 Å². The van der Waals surface area contributed by atoms with Gasteiger partial charge in [-0.3, -0.25) is 4.79 Å². The Balaban J connectivity index is 1.44. The van der Waals surface area contributed by atoms with Gasteiger partial charge in [0, 0.05) is 10.5 Å². The number of rotatable bonds is 4. The molecule has 122 valence electrons. The maximum absolute atomic E-state index is 12.0. The van der Waals surface area contributed by atoms with Crippen LogP contribution in [-0.2, 0) is 0 Å². The second kappa shape index (κ2) is 7.75. The molecule has 0 bridgehead atoms. The fourth-order valence-corrected chi connectivity index (χ4v) is 2.53. The van der Waals surface area contributed by atoms with E-state index in [1.165, 1.54) is 0 Å². The predicted molar refractivity (Wildman–Crippen MR) is 92.3 cm³/mol. The minimum atomic E-state index is -0.173. The SMILES string of the molecule is O=C(NCC#CCOc1ccc2c(c1)OCO2)c1ccccc1Br. The van der Waals surface area contributed by atoms with Crippen molar-refractivity contribution < 1.29 is 19.0 Å². The Bertz CT molecular complexity index is 810. The average molecular weight is 388 g/mol. The number of ether oxygens (including phenoxy) is 3. The summed E-state index contributed by atoms with van der Waals surface area (Å²) in [5, 5.41) is 2.74. The first-order chi connectivity index (χ1) is 11.7. The smallest absolute Gasteiger partial charge is 0.253 e. The van der Waals surface area contributed by atoms with E-state index in [9.17, 15) is 4.79 Å². The minimum Gasteiger partial charge on any atom is -0.481 e. The lowest BCUT2D eigenvalue weighted by Gasteiger charge is -2.04. The van der Waals surface area contributed by atoms with Crippen LogP contribution in [0.3, 0.4) is 0 Å². The van der Waals surface area contributed by atoms with E-state index in [2.05, 4.69) is 33.1 Å². The minimum absolute atomic E-state index is 0.173. The zero-order valence-electron chi connectivity index (χ0n) is 12.7. The topological polar surface area (TPSA) is 56.8 Å². The number of halogens is 1. The molecule has 0 fully saturated rings. The Morgan fingerprint density at radius 3 is 2.88 bits per heavy atom. The molecule has 1 aliphatic rings. The summed E-state index contributed by atoms with van der Waals surface area (Å²) in [4.78, 5) is 12.0. The Hall–Kier alpha value is -2.65. The summed E-state index contributed by atoms with van der Waals surface area (Å²) in [6.45, 7) is 0.713. The third-order valence-corrected chi connectivity index (χ3v) is 3.93. The van der Waals surface area contributed by atoms with Crippen LogP contribution in [0.4, 0.5) is 0 Å². The summed E-state index contributed by atoms with van der Waals surface area (Å²) < 4.78 is 16.8. The third-order valence-electron chi connectivity index (χ3n) is 3.24. The summed E-state index contributed by atoms with van der Waals surface area (Å²) in [7, 11) is 0. The van der Waals surface area contributed by atoms with Gasteiger partial charge in [0.15, 0.2) is 11.5 Å². The molecule has 0 radical (unpaired) electrons. The lowest BCUT2D eigenvalue weighted by molar-refractivity contribution is 0.0958. The lowest BCUT2D eigenvalue weighted by Crippen LogP contribution is -2.23. The highest BCUT2D eigenvalue weighted by molar-refractivity contribution is 9.10. The Kier molecular flexibility index (Phi) is 5.24. The number of carbonyl (C=O) groups excluding carboxylic acids is 1. The van der Waals surface area contributed by atoms with Crippen molar-refractivity contribution in [2.24, 2.45) is 0 Å². The normalized spacial score (nSPS) is 11.4. The van der Waals surface area contributed by atoms with Crippen molar-refractivity contribution in [3.63, 3.8) is 0 Å². The van der Waals surface area contributed by atoms with E-state index in [0.717, 1.165) is 4.47 Å². The van der Waals surface area contributed by atoms with Crippen LogP contribution in [0.2, 0.25) is 0 Å². The van der Waals surface area contributed by atoms with Crippen molar-refractivity contribution >= 4 is 21.8 Å².